The summed E-state index contributed by atoms with van der Waals surface area (Å²) in [5.74, 6) is -0.554. The summed E-state index contributed by atoms with van der Waals surface area (Å²) < 4.78 is 2.11. The van der Waals surface area contributed by atoms with Crippen LogP contribution in [-0.4, -0.2) is 16.3 Å². The minimum Gasteiger partial charge on any atom is -0.366 e. The Morgan fingerprint density at radius 2 is 1.46 bits per heavy atom. The zero-order valence-corrected chi connectivity index (χ0v) is 22.1. The van der Waals surface area contributed by atoms with Crippen molar-refractivity contribution >= 4 is 56.7 Å². The first kappa shape index (κ1) is 24.9. The van der Waals surface area contributed by atoms with Gasteiger partial charge in [-0.1, -0.05) is 83.9 Å². The summed E-state index contributed by atoms with van der Waals surface area (Å²) >= 11 is 13.1. The van der Waals surface area contributed by atoms with Gasteiger partial charge in [0.1, 0.15) is 0 Å². The van der Waals surface area contributed by atoms with Crippen LogP contribution in [0.15, 0.2) is 103 Å². The summed E-state index contributed by atoms with van der Waals surface area (Å²) in [6.45, 7) is 0.450. The van der Waals surface area contributed by atoms with Gasteiger partial charge in [-0.15, -0.1) is 0 Å². The van der Waals surface area contributed by atoms with Gasteiger partial charge >= 0.3 is 0 Å². The molecule has 0 fully saturated rings. The maximum Gasteiger partial charge on any atom is 0.249 e. The fourth-order valence-electron chi connectivity index (χ4n) is 5.10. The number of aromatic nitrogens is 1. The van der Waals surface area contributed by atoms with Gasteiger partial charge in [0.2, 0.25) is 5.91 Å². The van der Waals surface area contributed by atoms with Crippen LogP contribution in [-0.2, 0) is 6.54 Å². The topological polar surface area (TPSA) is 65.1 Å². The largest absolute Gasteiger partial charge is 0.366 e. The highest BCUT2D eigenvalue weighted by atomic mass is 35.5. The molecule has 0 aliphatic heterocycles. The molecule has 4 nitrogen and oxygen atoms in total. The fraction of sp³-hybridized carbons (Fsp3) is 0.0303. The van der Waals surface area contributed by atoms with Crippen LogP contribution in [0.3, 0.4) is 0 Å². The smallest absolute Gasteiger partial charge is 0.249 e. The zero-order valence-electron chi connectivity index (χ0n) is 20.6. The average molecular weight is 548 g/mol. The van der Waals surface area contributed by atoms with E-state index in [4.69, 9.17) is 28.9 Å². The van der Waals surface area contributed by atoms with E-state index in [-0.39, 0.29) is 5.78 Å². The SMILES string of the molecule is NC(=O)c1cccc2c1c1[c]cc(-c3c(Cl)cccc3Cl)cc1n2Cc1cccc(C(=O)c2ccccc2)c1. The van der Waals surface area contributed by atoms with Crippen molar-refractivity contribution < 1.29 is 9.59 Å². The summed E-state index contributed by atoms with van der Waals surface area (Å²) in [5.41, 5.74) is 11.5. The number of rotatable bonds is 6. The van der Waals surface area contributed by atoms with Crippen molar-refractivity contribution in [2.24, 2.45) is 5.73 Å². The fourth-order valence-corrected chi connectivity index (χ4v) is 5.71. The Hall–Kier alpha value is -4.38. The molecule has 2 N–H and O–H groups in total. The molecule has 1 amide bonds. The van der Waals surface area contributed by atoms with E-state index in [1.165, 1.54) is 0 Å². The number of amides is 1. The Morgan fingerprint density at radius 1 is 0.769 bits per heavy atom. The summed E-state index contributed by atoms with van der Waals surface area (Å²) in [6, 6.07) is 34.9. The minimum atomic E-state index is -0.512. The highest BCUT2D eigenvalue weighted by Gasteiger charge is 2.19. The number of benzene rings is 5. The number of fused-ring (bicyclic) bond motifs is 3. The number of primary amides is 1. The highest BCUT2D eigenvalue weighted by molar-refractivity contribution is 6.39. The molecular weight excluding hydrogens is 527 g/mol. The number of ketones is 1. The maximum absolute atomic E-state index is 13.1. The summed E-state index contributed by atoms with van der Waals surface area (Å²) in [5, 5.41) is 2.56. The molecule has 6 aromatic rings. The second kappa shape index (κ2) is 10.1. The first-order valence-corrected chi connectivity index (χ1v) is 13.1. The maximum atomic E-state index is 13.1. The molecule has 0 atom stereocenters. The van der Waals surface area contributed by atoms with Crippen molar-refractivity contribution in [2.45, 2.75) is 6.54 Å². The Labute approximate surface area is 235 Å². The Bertz CT molecular complexity index is 1890. The van der Waals surface area contributed by atoms with E-state index in [1.54, 1.807) is 24.3 Å². The molecule has 1 aromatic heterocycles. The number of carbonyl (C=O) groups is 2. The minimum absolute atomic E-state index is 0.0420. The Kier molecular flexibility index (Phi) is 6.43. The third-order valence-electron chi connectivity index (χ3n) is 6.88. The van der Waals surface area contributed by atoms with Crippen LogP contribution in [0, 0.1) is 6.07 Å². The Morgan fingerprint density at radius 3 is 2.21 bits per heavy atom. The number of nitrogens with zero attached hydrogens (tertiary/aromatic N) is 1. The lowest BCUT2D eigenvalue weighted by atomic mass is 10.0. The van der Waals surface area contributed by atoms with Crippen molar-refractivity contribution in [1.29, 1.82) is 0 Å². The van der Waals surface area contributed by atoms with E-state index in [0.29, 0.717) is 38.8 Å². The molecule has 39 heavy (non-hydrogen) atoms. The zero-order chi connectivity index (χ0) is 27.1. The van der Waals surface area contributed by atoms with Crippen molar-refractivity contribution in [3.05, 3.63) is 141 Å². The second-order valence-corrected chi connectivity index (χ2v) is 10.1. The van der Waals surface area contributed by atoms with Crippen LogP contribution in [0.1, 0.15) is 31.8 Å². The molecule has 0 aliphatic carbocycles. The van der Waals surface area contributed by atoms with Gasteiger partial charge in [0.25, 0.3) is 0 Å². The van der Waals surface area contributed by atoms with Gasteiger partial charge < -0.3 is 10.3 Å². The molecule has 0 unspecified atom stereocenters. The van der Waals surface area contributed by atoms with Crippen molar-refractivity contribution in [1.82, 2.24) is 4.57 Å². The molecule has 1 heterocycles. The average Bonchev–Trinajstić information content (AvgIpc) is 3.26. The molecule has 6 rings (SSSR count). The molecule has 0 bridgehead atoms. The number of carbonyl (C=O) groups excluding carboxylic acids is 2. The molecular formula is C33H21Cl2N2O2. The summed E-state index contributed by atoms with van der Waals surface area (Å²) in [7, 11) is 0. The van der Waals surface area contributed by atoms with Crippen LogP contribution < -0.4 is 5.73 Å². The number of hydrogen-bond acceptors (Lipinski definition) is 2. The Balaban J connectivity index is 1.54. The summed E-state index contributed by atoms with van der Waals surface area (Å²) in [4.78, 5) is 25.5. The highest BCUT2D eigenvalue weighted by Crippen LogP contribution is 2.39. The van der Waals surface area contributed by atoms with Gasteiger partial charge in [-0.3, -0.25) is 9.59 Å². The lowest BCUT2D eigenvalue weighted by Crippen LogP contribution is -2.11. The lowest BCUT2D eigenvalue weighted by Gasteiger charge is -2.11. The summed E-state index contributed by atoms with van der Waals surface area (Å²) in [6.07, 6.45) is 0. The van der Waals surface area contributed by atoms with E-state index in [1.807, 2.05) is 78.9 Å². The van der Waals surface area contributed by atoms with E-state index in [9.17, 15) is 9.59 Å². The predicted octanol–water partition coefficient (Wildman–Crippen LogP) is 7.95. The molecule has 0 saturated carbocycles. The third kappa shape index (κ3) is 4.48. The van der Waals surface area contributed by atoms with Crippen molar-refractivity contribution in [3.63, 3.8) is 0 Å². The van der Waals surface area contributed by atoms with Crippen LogP contribution in [0.2, 0.25) is 10.0 Å². The standard InChI is InChI=1S/C33H21Cl2N2O2/c34-26-12-6-13-27(35)30(26)22-15-16-24-29(18-22)37(28-14-5-11-25(31(24)28)33(36)39)19-20-7-4-10-23(17-20)32(38)21-8-2-1-3-9-21/h1-15,17-18H,19H2,(H2,36,39). The van der Waals surface area contributed by atoms with Gasteiger partial charge in [0.05, 0.1) is 11.0 Å². The van der Waals surface area contributed by atoms with E-state index < -0.39 is 5.91 Å². The van der Waals surface area contributed by atoms with Gasteiger partial charge in [-0.2, -0.15) is 0 Å². The lowest BCUT2D eigenvalue weighted by molar-refractivity contribution is 0.1000. The van der Waals surface area contributed by atoms with E-state index in [2.05, 4.69) is 10.6 Å². The van der Waals surface area contributed by atoms with Gasteiger partial charge in [-0.05, 0) is 59.7 Å². The molecule has 0 spiro atoms. The van der Waals surface area contributed by atoms with Gasteiger partial charge in [0, 0.05) is 49.6 Å². The molecule has 0 aliphatic rings. The van der Waals surface area contributed by atoms with Crippen LogP contribution >= 0.6 is 23.2 Å². The monoisotopic (exact) mass is 547 g/mol. The quantitative estimate of drug-likeness (QED) is 0.215. The van der Waals surface area contributed by atoms with Crippen molar-refractivity contribution in [2.75, 3.05) is 0 Å². The molecule has 6 heteroatoms. The molecule has 189 valence electrons. The second-order valence-electron chi connectivity index (χ2n) is 9.29. The first-order chi connectivity index (χ1) is 18.9. The van der Waals surface area contributed by atoms with Crippen LogP contribution in [0.4, 0.5) is 0 Å². The number of hydrogen-bond donors (Lipinski definition) is 1. The van der Waals surface area contributed by atoms with Gasteiger partial charge in [0.15, 0.2) is 5.78 Å². The van der Waals surface area contributed by atoms with Gasteiger partial charge in [-0.25, -0.2) is 0 Å². The molecule has 0 saturated heterocycles. The molecule has 1 radical (unpaired) electrons. The first-order valence-electron chi connectivity index (χ1n) is 12.3. The molecule has 5 aromatic carbocycles. The predicted molar refractivity (Wildman–Crippen MR) is 158 cm³/mol. The van der Waals surface area contributed by atoms with Crippen LogP contribution in [0.25, 0.3) is 32.9 Å². The van der Waals surface area contributed by atoms with Crippen LogP contribution in [0.5, 0.6) is 0 Å². The van der Waals surface area contributed by atoms with Crippen molar-refractivity contribution in [3.8, 4) is 11.1 Å². The third-order valence-corrected chi connectivity index (χ3v) is 7.51. The number of halogens is 2. The van der Waals surface area contributed by atoms with E-state index >= 15 is 0 Å². The normalized spacial score (nSPS) is 11.2. The van der Waals surface area contributed by atoms with E-state index in [0.717, 1.165) is 32.9 Å². The number of nitrogens with two attached hydrogens (primary N) is 1.